The minimum absolute atomic E-state index is 0.0564. The molecule has 1 aliphatic heterocycles. The number of methoxy groups -OCH3 is 1. The maximum Gasteiger partial charge on any atom is 0.311 e. The van der Waals surface area contributed by atoms with Crippen LogP contribution in [0.15, 0.2) is 39.2 Å². The van der Waals surface area contributed by atoms with Crippen molar-refractivity contribution < 1.29 is 14.3 Å². The molecule has 1 fully saturated rings. The van der Waals surface area contributed by atoms with Crippen LogP contribution in [0.2, 0.25) is 10.0 Å². The topological polar surface area (TPSA) is 67.8 Å². The molecule has 0 bridgehead atoms. The Labute approximate surface area is 180 Å². The molecular weight excluding hydrogens is 439 g/mol. The van der Waals surface area contributed by atoms with Crippen LogP contribution in [0.3, 0.4) is 0 Å². The lowest BCUT2D eigenvalue weighted by molar-refractivity contribution is -0.139. The molecule has 0 aromatic heterocycles. The van der Waals surface area contributed by atoms with E-state index in [4.69, 9.17) is 27.9 Å². The molecule has 1 heterocycles. The minimum Gasteiger partial charge on any atom is -0.469 e. The molecule has 0 spiro atoms. The van der Waals surface area contributed by atoms with Crippen molar-refractivity contribution in [1.82, 2.24) is 5.32 Å². The number of halogens is 2. The largest absolute Gasteiger partial charge is 0.469 e. The predicted molar refractivity (Wildman–Crippen MR) is 118 cm³/mol. The quantitative estimate of drug-likeness (QED) is 0.454. The molecule has 0 saturated heterocycles. The molecule has 28 heavy (non-hydrogen) atoms. The van der Waals surface area contributed by atoms with Gasteiger partial charge >= 0.3 is 5.97 Å². The number of nitrogens with zero attached hydrogens (tertiary/aromatic N) is 1. The van der Waals surface area contributed by atoms with Crippen molar-refractivity contribution in [2.75, 3.05) is 7.11 Å². The van der Waals surface area contributed by atoms with Gasteiger partial charge in [-0.2, -0.15) is 0 Å². The Kier molecular flexibility index (Phi) is 7.02. The number of amidine groups is 1. The Morgan fingerprint density at radius 2 is 2.00 bits per heavy atom. The van der Waals surface area contributed by atoms with Crippen molar-refractivity contribution >= 4 is 60.1 Å². The molecule has 152 valence electrons. The summed E-state index contributed by atoms with van der Waals surface area (Å²) in [6.45, 7) is 1.46. The van der Waals surface area contributed by atoms with E-state index in [-0.39, 0.29) is 18.3 Å². The third kappa shape index (κ3) is 4.70. The SMILES string of the molecule is COC(=O)CC1=CS(SC2CCCC2)(c2ccc(Cl)c(Cl)c2)C(NC(C)=O)=N1. The van der Waals surface area contributed by atoms with Gasteiger partial charge < -0.3 is 10.1 Å². The van der Waals surface area contributed by atoms with Gasteiger partial charge in [0.2, 0.25) is 5.91 Å². The Hall–Kier alpha value is -1.15. The number of ether oxygens (including phenoxy) is 1. The molecule has 5 nitrogen and oxygen atoms in total. The number of aliphatic imine (C=N–C) groups is 1. The van der Waals surface area contributed by atoms with E-state index < -0.39 is 9.06 Å². The fourth-order valence-electron chi connectivity index (χ4n) is 3.20. The van der Waals surface area contributed by atoms with E-state index in [9.17, 15) is 9.59 Å². The normalized spacial score (nSPS) is 24.3. The summed E-state index contributed by atoms with van der Waals surface area (Å²) in [7, 11) is 1.30. The van der Waals surface area contributed by atoms with Crippen molar-refractivity contribution in [3.05, 3.63) is 39.3 Å². The van der Waals surface area contributed by atoms with Crippen LogP contribution in [0.5, 0.6) is 0 Å². The summed E-state index contributed by atoms with van der Waals surface area (Å²) >= 11 is 12.5. The number of esters is 1. The highest BCUT2D eigenvalue weighted by Gasteiger charge is 2.40. The number of hydrogen-bond acceptors (Lipinski definition) is 5. The summed E-state index contributed by atoms with van der Waals surface area (Å²) < 4.78 is 4.80. The number of amides is 1. The molecule has 1 atom stereocenters. The van der Waals surface area contributed by atoms with Gasteiger partial charge in [-0.3, -0.25) is 9.59 Å². The number of benzene rings is 1. The Morgan fingerprint density at radius 3 is 2.61 bits per heavy atom. The van der Waals surface area contributed by atoms with E-state index in [0.29, 0.717) is 26.2 Å². The minimum atomic E-state index is -1.88. The first-order valence-electron chi connectivity index (χ1n) is 8.94. The second kappa shape index (κ2) is 9.11. The first kappa shape index (κ1) is 21.6. The van der Waals surface area contributed by atoms with E-state index in [1.807, 2.05) is 28.3 Å². The van der Waals surface area contributed by atoms with Crippen molar-refractivity contribution in [3.63, 3.8) is 0 Å². The maximum absolute atomic E-state index is 11.9. The van der Waals surface area contributed by atoms with Crippen LogP contribution >= 0.6 is 43.1 Å². The van der Waals surface area contributed by atoms with Crippen LogP contribution in [0.25, 0.3) is 0 Å². The fraction of sp³-hybridized carbons (Fsp3) is 0.421. The Morgan fingerprint density at radius 1 is 1.29 bits per heavy atom. The van der Waals surface area contributed by atoms with Gasteiger partial charge in [-0.1, -0.05) is 55.9 Å². The van der Waals surface area contributed by atoms with Crippen LogP contribution < -0.4 is 5.32 Å². The lowest BCUT2D eigenvalue weighted by Crippen LogP contribution is -2.30. The summed E-state index contributed by atoms with van der Waals surface area (Å²) in [6.07, 6.45) is 4.68. The molecule has 9 heteroatoms. The standard InChI is InChI=1S/C19H22Cl2N2O3S2/c1-12(24)22-19-23-13(9-18(25)26-2)11-28(19,27-14-5-3-4-6-14)15-7-8-16(20)17(21)10-15/h7-8,10-11,14H,3-6,9H2,1-2H3,(H,22,23,24). The first-order valence-corrected chi connectivity index (χ1v) is 12.8. The fourth-order valence-corrected chi connectivity index (χ4v) is 10.4. The van der Waals surface area contributed by atoms with Crippen molar-refractivity contribution in [1.29, 1.82) is 0 Å². The molecule has 1 unspecified atom stereocenters. The summed E-state index contributed by atoms with van der Waals surface area (Å²) in [5.41, 5.74) is 0.599. The van der Waals surface area contributed by atoms with E-state index in [2.05, 4.69) is 10.3 Å². The van der Waals surface area contributed by atoms with Crippen LogP contribution in [-0.2, 0) is 14.3 Å². The van der Waals surface area contributed by atoms with Crippen LogP contribution in [-0.4, -0.2) is 29.4 Å². The smallest absolute Gasteiger partial charge is 0.311 e. The average Bonchev–Trinajstić information content (AvgIpc) is 3.26. The van der Waals surface area contributed by atoms with Gasteiger partial charge in [0.05, 0.1) is 29.3 Å². The number of carbonyl (C=O) groups excluding carboxylic acids is 2. The molecular formula is C19H22Cl2N2O3S2. The second-order valence-corrected chi connectivity index (χ2v) is 12.8. The highest BCUT2D eigenvalue weighted by atomic mass is 35.5. The monoisotopic (exact) mass is 460 g/mol. The number of hydrogen-bond donors (Lipinski definition) is 1. The lowest BCUT2D eigenvalue weighted by atomic mass is 10.3. The van der Waals surface area contributed by atoms with E-state index in [1.165, 1.54) is 26.9 Å². The maximum atomic E-state index is 11.9. The van der Waals surface area contributed by atoms with Gasteiger partial charge in [-0.15, -0.1) is 0 Å². The second-order valence-electron chi connectivity index (χ2n) is 6.64. The number of carbonyl (C=O) groups is 2. The molecule has 1 amide bonds. The molecule has 1 saturated carbocycles. The van der Waals surface area contributed by atoms with Gasteiger partial charge in [0.15, 0.2) is 5.17 Å². The summed E-state index contributed by atoms with van der Waals surface area (Å²) in [5.74, 6) is -0.567. The van der Waals surface area contributed by atoms with Gasteiger partial charge in [0.25, 0.3) is 0 Å². The van der Waals surface area contributed by atoms with E-state index in [0.717, 1.165) is 17.7 Å². The molecule has 1 aromatic rings. The highest BCUT2D eigenvalue weighted by molar-refractivity contribution is 9.01. The molecule has 1 N–H and O–H groups in total. The first-order chi connectivity index (χ1) is 13.3. The summed E-state index contributed by atoms with van der Waals surface area (Å²) in [5, 5.41) is 6.89. The molecule has 3 rings (SSSR count). The molecule has 1 aliphatic carbocycles. The highest BCUT2D eigenvalue weighted by Crippen LogP contribution is 2.73. The lowest BCUT2D eigenvalue weighted by Gasteiger charge is -2.36. The van der Waals surface area contributed by atoms with Crippen LogP contribution in [0, 0.1) is 0 Å². The van der Waals surface area contributed by atoms with Crippen LogP contribution in [0.1, 0.15) is 39.0 Å². The molecule has 1 aromatic carbocycles. The average molecular weight is 461 g/mol. The van der Waals surface area contributed by atoms with Crippen molar-refractivity contribution in [2.24, 2.45) is 4.99 Å². The van der Waals surface area contributed by atoms with Gasteiger partial charge in [-0.25, -0.2) is 4.99 Å². The van der Waals surface area contributed by atoms with Gasteiger partial charge in [-0.05, 0) is 36.4 Å². The third-order valence-corrected chi connectivity index (χ3v) is 11.7. The zero-order valence-electron chi connectivity index (χ0n) is 15.7. The predicted octanol–water partition coefficient (Wildman–Crippen LogP) is 5.66. The molecule has 2 aliphatic rings. The van der Waals surface area contributed by atoms with Gasteiger partial charge in [0.1, 0.15) is 0 Å². The Bertz CT molecular complexity index is 854. The number of nitrogens with one attached hydrogen (secondary N) is 1. The Balaban J connectivity index is 2.10. The van der Waals surface area contributed by atoms with Gasteiger partial charge in [0, 0.05) is 17.1 Å². The number of rotatable bonds is 5. The summed E-state index contributed by atoms with van der Waals surface area (Å²) in [6, 6.07) is 5.54. The molecule has 0 radical (unpaired) electrons. The zero-order valence-corrected chi connectivity index (χ0v) is 18.8. The zero-order chi connectivity index (χ0) is 20.3. The van der Waals surface area contributed by atoms with Crippen LogP contribution in [0.4, 0.5) is 0 Å². The van der Waals surface area contributed by atoms with Crippen molar-refractivity contribution in [2.45, 2.75) is 49.2 Å². The third-order valence-electron chi connectivity index (χ3n) is 4.50. The van der Waals surface area contributed by atoms with E-state index >= 15 is 0 Å². The summed E-state index contributed by atoms with van der Waals surface area (Å²) in [4.78, 5) is 29.3. The van der Waals surface area contributed by atoms with E-state index in [1.54, 1.807) is 6.07 Å². The van der Waals surface area contributed by atoms with Crippen molar-refractivity contribution in [3.8, 4) is 0 Å².